The minimum absolute atomic E-state index is 0.0692. The maximum atomic E-state index is 12.0. The summed E-state index contributed by atoms with van der Waals surface area (Å²) in [7, 11) is 0. The van der Waals surface area contributed by atoms with Crippen molar-refractivity contribution in [1.29, 1.82) is 0 Å². The molecule has 2 aromatic heterocycles. The zero-order chi connectivity index (χ0) is 17.5. The number of hydrogen-bond donors (Lipinski definition) is 2. The molecule has 0 radical (unpaired) electrons. The number of anilines is 1. The Labute approximate surface area is 151 Å². The van der Waals surface area contributed by atoms with Crippen LogP contribution in [0.3, 0.4) is 0 Å². The molecule has 25 heavy (non-hydrogen) atoms. The number of thiazole rings is 1. The molecule has 0 spiro atoms. The van der Waals surface area contributed by atoms with Crippen LogP contribution in [0, 0.1) is 5.92 Å². The summed E-state index contributed by atoms with van der Waals surface area (Å²) in [5.74, 6) is 0.634. The van der Waals surface area contributed by atoms with E-state index < -0.39 is 0 Å². The third-order valence-electron chi connectivity index (χ3n) is 4.44. The second-order valence-corrected chi connectivity index (χ2v) is 7.24. The topological polar surface area (TPSA) is 84.2 Å². The highest BCUT2D eigenvalue weighted by Crippen LogP contribution is 2.23. The molecule has 1 aliphatic carbocycles. The van der Waals surface area contributed by atoms with Gasteiger partial charge in [-0.2, -0.15) is 0 Å². The molecule has 0 aromatic carbocycles. The highest BCUT2D eigenvalue weighted by molar-refractivity contribution is 7.13. The van der Waals surface area contributed by atoms with Crippen molar-refractivity contribution in [3.8, 4) is 0 Å². The summed E-state index contributed by atoms with van der Waals surface area (Å²) in [6, 6.07) is 3.26. The lowest BCUT2D eigenvalue weighted by atomic mass is 9.89. The number of amides is 2. The molecular weight excluding hydrogens is 338 g/mol. The van der Waals surface area contributed by atoms with Crippen molar-refractivity contribution in [1.82, 2.24) is 10.3 Å². The first-order chi connectivity index (χ1) is 12.2. The average molecular weight is 361 g/mol. The van der Waals surface area contributed by atoms with Crippen LogP contribution in [0.5, 0.6) is 0 Å². The predicted molar refractivity (Wildman–Crippen MR) is 96.7 cm³/mol. The zero-order valence-corrected chi connectivity index (χ0v) is 14.9. The molecule has 0 atom stereocenters. The van der Waals surface area contributed by atoms with E-state index in [-0.39, 0.29) is 17.6 Å². The van der Waals surface area contributed by atoms with Gasteiger partial charge in [-0.1, -0.05) is 19.3 Å². The number of carbonyl (C=O) groups excluding carboxylic acids is 2. The van der Waals surface area contributed by atoms with Crippen molar-refractivity contribution in [3.05, 3.63) is 35.2 Å². The monoisotopic (exact) mass is 361 g/mol. The summed E-state index contributed by atoms with van der Waals surface area (Å²) in [4.78, 5) is 28.2. The first-order valence-electron chi connectivity index (χ1n) is 8.76. The Morgan fingerprint density at radius 2 is 2.12 bits per heavy atom. The van der Waals surface area contributed by atoms with Crippen molar-refractivity contribution < 1.29 is 14.0 Å². The lowest BCUT2D eigenvalue weighted by Crippen LogP contribution is -2.30. The van der Waals surface area contributed by atoms with E-state index in [0.717, 1.165) is 12.2 Å². The lowest BCUT2D eigenvalue weighted by molar-refractivity contribution is -0.121. The first-order valence-corrected chi connectivity index (χ1v) is 9.64. The van der Waals surface area contributed by atoms with E-state index in [2.05, 4.69) is 15.6 Å². The summed E-state index contributed by atoms with van der Waals surface area (Å²) < 4.78 is 5.04. The second kappa shape index (κ2) is 8.80. The summed E-state index contributed by atoms with van der Waals surface area (Å²) in [5.41, 5.74) is 0.813. The third kappa shape index (κ3) is 5.42. The van der Waals surface area contributed by atoms with Gasteiger partial charge >= 0.3 is 0 Å². The quantitative estimate of drug-likeness (QED) is 0.789. The Morgan fingerprint density at radius 1 is 1.28 bits per heavy atom. The third-order valence-corrected chi connectivity index (χ3v) is 5.24. The molecule has 3 rings (SSSR count). The van der Waals surface area contributed by atoms with Gasteiger partial charge in [0.15, 0.2) is 10.9 Å². The summed E-state index contributed by atoms with van der Waals surface area (Å²) in [6.45, 7) is 0.792. The van der Waals surface area contributed by atoms with Crippen LogP contribution < -0.4 is 10.6 Å². The van der Waals surface area contributed by atoms with E-state index >= 15 is 0 Å². The summed E-state index contributed by atoms with van der Waals surface area (Å²) >= 11 is 1.35. The minimum Gasteiger partial charge on any atom is -0.459 e. The van der Waals surface area contributed by atoms with Crippen LogP contribution in [-0.4, -0.2) is 23.3 Å². The number of aromatic nitrogens is 1. The van der Waals surface area contributed by atoms with Crippen LogP contribution in [-0.2, 0) is 11.2 Å². The molecule has 0 bridgehead atoms. The molecule has 134 valence electrons. The fourth-order valence-corrected chi connectivity index (χ4v) is 3.76. The first kappa shape index (κ1) is 17.7. The number of hydrogen-bond acceptors (Lipinski definition) is 5. The predicted octanol–water partition coefficient (Wildman–Crippen LogP) is 3.62. The maximum Gasteiger partial charge on any atom is 0.293 e. The van der Waals surface area contributed by atoms with Gasteiger partial charge in [-0.15, -0.1) is 11.3 Å². The van der Waals surface area contributed by atoms with Crippen molar-refractivity contribution >= 4 is 28.3 Å². The van der Waals surface area contributed by atoms with Gasteiger partial charge in [0.25, 0.3) is 5.91 Å². The highest BCUT2D eigenvalue weighted by Gasteiger charge is 2.15. The van der Waals surface area contributed by atoms with E-state index in [1.165, 1.54) is 49.7 Å². The Hall–Kier alpha value is -2.15. The molecule has 7 heteroatoms. The van der Waals surface area contributed by atoms with Crippen molar-refractivity contribution in [3.63, 3.8) is 0 Å². The standard InChI is InChI=1S/C18H23N3O3S/c22-16(19-11-13-5-2-1-3-6-13)9-8-14-12-25-18(20-14)21-17(23)15-7-4-10-24-15/h4,7,10,12-13H,1-3,5-6,8-9,11H2,(H,19,22)(H,20,21,23). The summed E-state index contributed by atoms with van der Waals surface area (Å²) in [6.07, 6.45) is 8.79. The fourth-order valence-electron chi connectivity index (χ4n) is 3.03. The van der Waals surface area contributed by atoms with Crippen LogP contribution in [0.1, 0.15) is 54.8 Å². The molecular formula is C18H23N3O3S. The number of rotatable bonds is 7. The lowest BCUT2D eigenvalue weighted by Gasteiger charge is -2.21. The van der Waals surface area contributed by atoms with Crippen LogP contribution in [0.2, 0.25) is 0 Å². The van der Waals surface area contributed by atoms with Gasteiger partial charge in [-0.3, -0.25) is 14.9 Å². The Morgan fingerprint density at radius 3 is 2.88 bits per heavy atom. The van der Waals surface area contributed by atoms with Crippen LogP contribution >= 0.6 is 11.3 Å². The van der Waals surface area contributed by atoms with E-state index in [0.29, 0.717) is 23.9 Å². The summed E-state index contributed by atoms with van der Waals surface area (Å²) in [5, 5.41) is 8.11. The van der Waals surface area contributed by atoms with Crippen LogP contribution in [0.4, 0.5) is 5.13 Å². The van der Waals surface area contributed by atoms with Crippen molar-refractivity contribution in [2.24, 2.45) is 5.92 Å². The van der Waals surface area contributed by atoms with E-state index in [1.807, 2.05) is 5.38 Å². The molecule has 1 fully saturated rings. The molecule has 2 N–H and O–H groups in total. The molecule has 0 saturated heterocycles. The van der Waals surface area contributed by atoms with Crippen LogP contribution in [0.15, 0.2) is 28.2 Å². The molecule has 6 nitrogen and oxygen atoms in total. The van der Waals surface area contributed by atoms with Gasteiger partial charge < -0.3 is 9.73 Å². The Kier molecular flexibility index (Phi) is 6.22. The molecule has 0 aliphatic heterocycles. The molecule has 0 unspecified atom stereocenters. The minimum atomic E-state index is -0.323. The molecule has 2 aromatic rings. The van der Waals surface area contributed by atoms with E-state index in [1.54, 1.807) is 12.1 Å². The maximum absolute atomic E-state index is 12.0. The van der Waals surface area contributed by atoms with Gasteiger partial charge in [0.05, 0.1) is 12.0 Å². The van der Waals surface area contributed by atoms with Gasteiger partial charge in [-0.05, 0) is 37.3 Å². The van der Waals surface area contributed by atoms with Crippen molar-refractivity contribution in [2.75, 3.05) is 11.9 Å². The van der Waals surface area contributed by atoms with E-state index in [4.69, 9.17) is 4.42 Å². The molecule has 1 aliphatic rings. The average Bonchev–Trinajstić information content (AvgIpc) is 3.31. The van der Waals surface area contributed by atoms with Crippen molar-refractivity contribution in [2.45, 2.75) is 44.9 Å². The number of nitrogens with zero attached hydrogens (tertiary/aromatic N) is 1. The SMILES string of the molecule is O=C(CCc1csc(NC(=O)c2ccco2)n1)NCC1CCCCC1. The highest BCUT2D eigenvalue weighted by atomic mass is 32.1. The Balaban J connectivity index is 1.39. The second-order valence-electron chi connectivity index (χ2n) is 6.38. The normalized spacial score (nSPS) is 15.0. The number of carbonyl (C=O) groups is 2. The number of furan rings is 1. The van der Waals surface area contributed by atoms with Gasteiger partial charge in [0.2, 0.25) is 5.91 Å². The molecule has 1 saturated carbocycles. The smallest absolute Gasteiger partial charge is 0.293 e. The number of aryl methyl sites for hydroxylation is 1. The van der Waals surface area contributed by atoms with E-state index in [9.17, 15) is 9.59 Å². The largest absolute Gasteiger partial charge is 0.459 e. The van der Waals surface area contributed by atoms with Gasteiger partial charge in [0.1, 0.15) is 0 Å². The fraction of sp³-hybridized carbons (Fsp3) is 0.500. The zero-order valence-electron chi connectivity index (χ0n) is 14.1. The van der Waals surface area contributed by atoms with Crippen LogP contribution in [0.25, 0.3) is 0 Å². The molecule has 2 heterocycles. The molecule has 2 amide bonds. The van der Waals surface area contributed by atoms with Gasteiger partial charge in [0, 0.05) is 18.3 Å². The number of nitrogens with one attached hydrogen (secondary N) is 2. The Bertz CT molecular complexity index is 690. The van der Waals surface area contributed by atoms with Gasteiger partial charge in [-0.25, -0.2) is 4.98 Å².